The van der Waals surface area contributed by atoms with E-state index in [2.05, 4.69) is 16.0 Å². The third-order valence-electron chi connectivity index (χ3n) is 3.38. The average molecular weight is 375 g/mol. The number of hydrogen-bond donors (Lipinski definition) is 3. The number of esters is 1. The fraction of sp³-hybridized carbons (Fsp3) is 0.278. The molecule has 0 saturated heterocycles. The summed E-state index contributed by atoms with van der Waals surface area (Å²) >= 11 is 1.26. The van der Waals surface area contributed by atoms with Crippen LogP contribution in [0, 0.1) is 0 Å². The number of thiophene rings is 1. The van der Waals surface area contributed by atoms with E-state index in [1.807, 2.05) is 30.3 Å². The summed E-state index contributed by atoms with van der Waals surface area (Å²) in [5.41, 5.74) is 1.35. The van der Waals surface area contributed by atoms with E-state index < -0.39 is 5.97 Å². The number of amides is 2. The highest BCUT2D eigenvalue weighted by molar-refractivity contribution is 7.18. The van der Waals surface area contributed by atoms with E-state index in [4.69, 9.17) is 4.74 Å². The Balaban J connectivity index is 2.14. The minimum atomic E-state index is -0.478. The third kappa shape index (κ3) is 5.40. The van der Waals surface area contributed by atoms with Crippen LogP contribution < -0.4 is 16.0 Å². The highest BCUT2D eigenvalue weighted by Gasteiger charge is 2.20. The Morgan fingerprint density at radius 3 is 2.42 bits per heavy atom. The largest absolute Gasteiger partial charge is 0.462 e. The van der Waals surface area contributed by atoms with Crippen LogP contribution in [0.25, 0.3) is 10.4 Å². The molecule has 0 radical (unpaired) electrons. The number of benzene rings is 1. The van der Waals surface area contributed by atoms with Crippen LogP contribution in [0.2, 0.25) is 0 Å². The van der Waals surface area contributed by atoms with Crippen molar-refractivity contribution >= 4 is 34.8 Å². The predicted octanol–water partition coefficient (Wildman–Crippen LogP) is 1.87. The molecule has 0 unspecified atom stereocenters. The lowest BCUT2D eigenvalue weighted by atomic mass is 10.2. The Labute approximate surface area is 155 Å². The van der Waals surface area contributed by atoms with E-state index in [9.17, 15) is 14.4 Å². The zero-order valence-electron chi connectivity index (χ0n) is 14.6. The van der Waals surface area contributed by atoms with Gasteiger partial charge in [0.15, 0.2) is 0 Å². The minimum Gasteiger partial charge on any atom is -0.462 e. The molecule has 0 saturated carbocycles. The SMILES string of the molecule is CCOC(=O)c1sc(-c2ccccc2)cc1NC(=O)CNCC(=O)NC. The number of rotatable bonds is 8. The second kappa shape index (κ2) is 9.69. The molecule has 7 nitrogen and oxygen atoms in total. The van der Waals surface area contributed by atoms with Gasteiger partial charge in [-0.05, 0) is 18.6 Å². The van der Waals surface area contributed by atoms with Gasteiger partial charge in [-0.2, -0.15) is 0 Å². The summed E-state index contributed by atoms with van der Waals surface area (Å²) < 4.78 is 5.08. The number of ether oxygens (including phenoxy) is 1. The van der Waals surface area contributed by atoms with Gasteiger partial charge in [0.1, 0.15) is 4.88 Å². The first-order valence-electron chi connectivity index (χ1n) is 8.12. The summed E-state index contributed by atoms with van der Waals surface area (Å²) in [5, 5.41) is 7.90. The maximum absolute atomic E-state index is 12.2. The van der Waals surface area contributed by atoms with Gasteiger partial charge in [0.25, 0.3) is 0 Å². The molecule has 1 aromatic carbocycles. The maximum Gasteiger partial charge on any atom is 0.350 e. The topological polar surface area (TPSA) is 96.5 Å². The molecule has 1 aromatic heterocycles. The quantitative estimate of drug-likeness (QED) is 0.612. The zero-order valence-corrected chi connectivity index (χ0v) is 15.4. The molecule has 2 amide bonds. The van der Waals surface area contributed by atoms with Gasteiger partial charge in [-0.1, -0.05) is 30.3 Å². The van der Waals surface area contributed by atoms with Crippen LogP contribution in [0.5, 0.6) is 0 Å². The van der Waals surface area contributed by atoms with E-state index in [1.54, 1.807) is 13.0 Å². The molecule has 0 aliphatic heterocycles. The molecular formula is C18H21N3O4S. The highest BCUT2D eigenvalue weighted by Crippen LogP contribution is 2.35. The summed E-state index contributed by atoms with van der Waals surface area (Å²) in [6.07, 6.45) is 0. The van der Waals surface area contributed by atoms with E-state index in [0.717, 1.165) is 10.4 Å². The van der Waals surface area contributed by atoms with Crippen molar-refractivity contribution in [1.82, 2.24) is 10.6 Å². The molecular weight excluding hydrogens is 354 g/mol. The predicted molar refractivity (Wildman–Crippen MR) is 101 cm³/mol. The molecule has 0 aliphatic rings. The summed E-state index contributed by atoms with van der Waals surface area (Å²) in [7, 11) is 1.52. The number of hydrogen-bond acceptors (Lipinski definition) is 6. The van der Waals surface area contributed by atoms with Crippen LogP contribution in [0.3, 0.4) is 0 Å². The van der Waals surface area contributed by atoms with Crippen LogP contribution in [0.1, 0.15) is 16.6 Å². The molecule has 0 fully saturated rings. The molecule has 2 aromatic rings. The molecule has 2 rings (SSSR count). The molecule has 1 heterocycles. The minimum absolute atomic E-state index is 0.0353. The van der Waals surface area contributed by atoms with Gasteiger partial charge in [0, 0.05) is 11.9 Å². The van der Waals surface area contributed by atoms with Crippen molar-refractivity contribution in [2.24, 2.45) is 0 Å². The van der Waals surface area contributed by atoms with E-state index >= 15 is 0 Å². The van der Waals surface area contributed by atoms with E-state index in [0.29, 0.717) is 10.6 Å². The van der Waals surface area contributed by atoms with Crippen molar-refractivity contribution in [2.45, 2.75) is 6.92 Å². The second-order valence-electron chi connectivity index (χ2n) is 5.26. The molecule has 8 heteroatoms. The second-order valence-corrected chi connectivity index (χ2v) is 6.32. The fourth-order valence-electron chi connectivity index (χ4n) is 2.15. The third-order valence-corrected chi connectivity index (χ3v) is 4.54. The van der Waals surface area contributed by atoms with Crippen molar-refractivity contribution < 1.29 is 19.1 Å². The van der Waals surface area contributed by atoms with Crippen LogP contribution >= 0.6 is 11.3 Å². The fourth-order valence-corrected chi connectivity index (χ4v) is 3.16. The molecule has 3 N–H and O–H groups in total. The van der Waals surface area contributed by atoms with Crippen molar-refractivity contribution in [3.8, 4) is 10.4 Å². The summed E-state index contributed by atoms with van der Waals surface area (Å²) in [6.45, 7) is 1.96. The summed E-state index contributed by atoms with van der Waals surface area (Å²) in [5.74, 6) is -1.04. The van der Waals surface area contributed by atoms with E-state index in [1.165, 1.54) is 18.4 Å². The Kier molecular flexibility index (Phi) is 7.31. The van der Waals surface area contributed by atoms with Crippen molar-refractivity contribution in [1.29, 1.82) is 0 Å². The molecule has 0 atom stereocenters. The monoisotopic (exact) mass is 375 g/mol. The Morgan fingerprint density at radius 2 is 1.77 bits per heavy atom. The number of nitrogens with one attached hydrogen (secondary N) is 3. The molecule has 26 heavy (non-hydrogen) atoms. The van der Waals surface area contributed by atoms with Crippen molar-refractivity contribution in [3.63, 3.8) is 0 Å². The Morgan fingerprint density at radius 1 is 1.08 bits per heavy atom. The molecule has 0 bridgehead atoms. The van der Waals surface area contributed by atoms with Gasteiger partial charge in [0.05, 0.1) is 25.4 Å². The van der Waals surface area contributed by atoms with Crippen LogP contribution in [-0.4, -0.2) is 44.5 Å². The summed E-state index contributed by atoms with van der Waals surface area (Å²) in [4.78, 5) is 36.7. The number of carbonyl (C=O) groups is 3. The van der Waals surface area contributed by atoms with Gasteiger partial charge in [-0.15, -0.1) is 11.3 Å². The van der Waals surface area contributed by atoms with Gasteiger partial charge in [-0.25, -0.2) is 4.79 Å². The average Bonchev–Trinajstić information content (AvgIpc) is 3.06. The lowest BCUT2D eigenvalue weighted by molar-refractivity contribution is -0.120. The van der Waals surface area contributed by atoms with Crippen molar-refractivity contribution in [3.05, 3.63) is 41.3 Å². The van der Waals surface area contributed by atoms with Gasteiger partial charge in [-0.3, -0.25) is 14.9 Å². The lowest BCUT2D eigenvalue weighted by Crippen LogP contribution is -2.36. The lowest BCUT2D eigenvalue weighted by Gasteiger charge is -2.07. The van der Waals surface area contributed by atoms with Gasteiger partial charge >= 0.3 is 5.97 Å². The maximum atomic E-state index is 12.2. The zero-order chi connectivity index (χ0) is 18.9. The summed E-state index contributed by atoms with van der Waals surface area (Å²) in [6, 6.07) is 11.3. The standard InChI is InChI=1S/C18H21N3O4S/c1-3-25-18(24)17-13(21-16(23)11-20-10-15(22)19-2)9-14(26-17)12-7-5-4-6-8-12/h4-9,20H,3,10-11H2,1-2H3,(H,19,22)(H,21,23). The molecule has 0 aliphatic carbocycles. The van der Waals surface area contributed by atoms with E-state index in [-0.39, 0.29) is 31.5 Å². The Hall–Kier alpha value is -2.71. The van der Waals surface area contributed by atoms with Crippen LogP contribution in [-0.2, 0) is 14.3 Å². The highest BCUT2D eigenvalue weighted by atomic mass is 32.1. The normalized spacial score (nSPS) is 10.2. The smallest absolute Gasteiger partial charge is 0.350 e. The van der Waals surface area contributed by atoms with Gasteiger partial charge < -0.3 is 15.4 Å². The number of anilines is 1. The molecule has 0 spiro atoms. The Bertz CT molecular complexity index is 774. The first-order valence-corrected chi connectivity index (χ1v) is 8.94. The van der Waals surface area contributed by atoms with Crippen molar-refractivity contribution in [2.75, 3.05) is 32.1 Å². The van der Waals surface area contributed by atoms with Gasteiger partial charge in [0.2, 0.25) is 11.8 Å². The molecule has 138 valence electrons. The van der Waals surface area contributed by atoms with Crippen LogP contribution in [0.4, 0.5) is 5.69 Å². The number of likely N-dealkylation sites (N-methyl/N-ethyl adjacent to an activating group) is 1. The first kappa shape index (κ1) is 19.6. The number of carbonyl (C=O) groups excluding carboxylic acids is 3. The van der Waals surface area contributed by atoms with Crippen LogP contribution in [0.15, 0.2) is 36.4 Å². The first-order chi connectivity index (χ1) is 12.5.